The molecule has 0 spiro atoms. The van der Waals surface area contributed by atoms with Crippen LogP contribution in [-0.4, -0.2) is 25.8 Å². The molecule has 1 N–H and O–H groups in total. The molecule has 0 atom stereocenters. The van der Waals surface area contributed by atoms with E-state index in [9.17, 15) is 4.79 Å². The summed E-state index contributed by atoms with van der Waals surface area (Å²) >= 11 is 7.01. The highest BCUT2D eigenvalue weighted by molar-refractivity contribution is 9.10. The third kappa shape index (κ3) is 7.88. The highest BCUT2D eigenvalue weighted by Crippen LogP contribution is 2.36. The third-order valence-electron chi connectivity index (χ3n) is 4.77. The highest BCUT2D eigenvalue weighted by atomic mass is 79.9. The lowest BCUT2D eigenvalue weighted by atomic mass is 10.2. The predicted octanol–water partition coefficient (Wildman–Crippen LogP) is 6.42. The second kappa shape index (κ2) is 13.2. The van der Waals surface area contributed by atoms with Crippen LogP contribution in [-0.2, 0) is 11.4 Å². The van der Waals surface area contributed by atoms with E-state index >= 15 is 0 Å². The van der Waals surface area contributed by atoms with Crippen molar-refractivity contribution in [2.24, 2.45) is 5.10 Å². The molecule has 3 aromatic rings. The second-order valence-electron chi connectivity index (χ2n) is 7.49. The first-order valence-electron chi connectivity index (χ1n) is 10.7. The Labute approximate surface area is 216 Å². The maximum atomic E-state index is 12.1. The average Bonchev–Trinajstić information content (AvgIpc) is 2.82. The van der Waals surface area contributed by atoms with Crippen LogP contribution in [0, 0.1) is 6.92 Å². The number of carbonyl (C=O) groups excluding carboxylic acids is 1. The molecule has 178 valence electrons. The molecule has 0 saturated carbocycles. The van der Waals surface area contributed by atoms with E-state index in [4.69, 9.17) is 14.2 Å². The molecule has 0 aliphatic heterocycles. The highest BCUT2D eigenvalue weighted by Gasteiger charge is 2.12. The number of ether oxygens (including phenoxy) is 3. The molecule has 0 unspecified atom stereocenters. The van der Waals surface area contributed by atoms with Gasteiger partial charge in [-0.05, 0) is 86.2 Å². The van der Waals surface area contributed by atoms with Crippen LogP contribution in [0.5, 0.6) is 17.2 Å². The van der Waals surface area contributed by atoms with Crippen molar-refractivity contribution in [3.05, 3.63) is 86.3 Å². The molecular weight excluding hydrogens is 564 g/mol. The van der Waals surface area contributed by atoms with Gasteiger partial charge in [-0.3, -0.25) is 4.79 Å². The van der Waals surface area contributed by atoms with Gasteiger partial charge in [-0.1, -0.05) is 36.4 Å². The zero-order valence-electron chi connectivity index (χ0n) is 19.0. The average molecular weight is 590 g/mol. The maximum absolute atomic E-state index is 12.1. The number of methoxy groups -OCH3 is 1. The van der Waals surface area contributed by atoms with Gasteiger partial charge in [0.15, 0.2) is 11.5 Å². The Morgan fingerprint density at radius 2 is 1.79 bits per heavy atom. The molecule has 0 aromatic heterocycles. The lowest BCUT2D eigenvalue weighted by Gasteiger charge is -2.13. The van der Waals surface area contributed by atoms with Crippen molar-refractivity contribution in [3.8, 4) is 17.2 Å². The first kappa shape index (κ1) is 25.8. The number of halogens is 2. The van der Waals surface area contributed by atoms with E-state index < -0.39 is 0 Å². The lowest BCUT2D eigenvalue weighted by molar-refractivity contribution is -0.121. The number of amides is 1. The van der Waals surface area contributed by atoms with E-state index in [-0.39, 0.29) is 5.91 Å². The number of hydrazone groups is 1. The van der Waals surface area contributed by atoms with Gasteiger partial charge >= 0.3 is 0 Å². The normalized spacial score (nSPS) is 10.8. The van der Waals surface area contributed by atoms with Crippen LogP contribution in [0.25, 0.3) is 0 Å². The van der Waals surface area contributed by atoms with Crippen LogP contribution in [0.4, 0.5) is 0 Å². The quantitative estimate of drug-likeness (QED) is 0.159. The van der Waals surface area contributed by atoms with Gasteiger partial charge in [0.05, 0.1) is 28.9 Å². The van der Waals surface area contributed by atoms with Gasteiger partial charge in [-0.25, -0.2) is 5.43 Å². The molecular formula is C26H26Br2N2O4. The maximum Gasteiger partial charge on any atom is 0.240 e. The molecule has 0 bridgehead atoms. The van der Waals surface area contributed by atoms with Gasteiger partial charge in [0.2, 0.25) is 5.91 Å². The number of benzene rings is 3. The van der Waals surface area contributed by atoms with Crippen molar-refractivity contribution >= 4 is 44.0 Å². The molecule has 34 heavy (non-hydrogen) atoms. The summed E-state index contributed by atoms with van der Waals surface area (Å²) in [6.07, 6.45) is 2.45. The smallest absolute Gasteiger partial charge is 0.240 e. The lowest BCUT2D eigenvalue weighted by Crippen LogP contribution is -2.18. The SMILES string of the molecule is COc1cc(/C=N/NC(=O)CCCOc2ccc(C)cc2Br)cc(Br)c1OCc1ccccc1. The number of hydrogen-bond acceptors (Lipinski definition) is 5. The fourth-order valence-electron chi connectivity index (χ4n) is 3.06. The Morgan fingerprint density at radius 1 is 1.00 bits per heavy atom. The zero-order chi connectivity index (χ0) is 24.3. The number of nitrogens with zero attached hydrogens (tertiary/aromatic N) is 1. The minimum Gasteiger partial charge on any atom is -0.493 e. The van der Waals surface area contributed by atoms with Gasteiger partial charge in [0.25, 0.3) is 0 Å². The van der Waals surface area contributed by atoms with E-state index in [2.05, 4.69) is 42.4 Å². The topological polar surface area (TPSA) is 69.2 Å². The molecule has 0 aliphatic rings. The van der Waals surface area contributed by atoms with Crippen LogP contribution in [0.2, 0.25) is 0 Å². The molecule has 3 aromatic carbocycles. The second-order valence-corrected chi connectivity index (χ2v) is 9.20. The van der Waals surface area contributed by atoms with Crippen molar-refractivity contribution in [1.29, 1.82) is 0 Å². The monoisotopic (exact) mass is 588 g/mol. The van der Waals surface area contributed by atoms with Gasteiger partial charge < -0.3 is 14.2 Å². The molecule has 3 rings (SSSR count). The van der Waals surface area contributed by atoms with E-state index in [1.54, 1.807) is 19.4 Å². The van der Waals surface area contributed by atoms with Crippen molar-refractivity contribution < 1.29 is 19.0 Å². The van der Waals surface area contributed by atoms with Crippen LogP contribution in [0.1, 0.15) is 29.5 Å². The van der Waals surface area contributed by atoms with Crippen LogP contribution in [0.15, 0.2) is 74.7 Å². The summed E-state index contributed by atoms with van der Waals surface area (Å²) in [7, 11) is 1.58. The van der Waals surface area contributed by atoms with E-state index in [1.165, 1.54) is 0 Å². The molecule has 0 fully saturated rings. The minimum absolute atomic E-state index is 0.184. The van der Waals surface area contributed by atoms with Crippen molar-refractivity contribution in [1.82, 2.24) is 5.43 Å². The summed E-state index contributed by atoms with van der Waals surface area (Å²) in [6, 6.07) is 19.4. The Balaban J connectivity index is 1.47. The summed E-state index contributed by atoms with van der Waals surface area (Å²) in [4.78, 5) is 12.1. The summed E-state index contributed by atoms with van der Waals surface area (Å²) in [5.74, 6) is 1.75. The molecule has 8 heteroatoms. The number of hydrogen-bond donors (Lipinski definition) is 1. The van der Waals surface area contributed by atoms with Crippen LogP contribution in [0.3, 0.4) is 0 Å². The number of rotatable bonds is 11. The largest absolute Gasteiger partial charge is 0.493 e. The van der Waals surface area contributed by atoms with E-state index in [1.807, 2.05) is 61.5 Å². The Bertz CT molecular complexity index is 1140. The Hall–Kier alpha value is -2.84. The Morgan fingerprint density at radius 3 is 2.53 bits per heavy atom. The van der Waals surface area contributed by atoms with Crippen molar-refractivity contribution in [2.75, 3.05) is 13.7 Å². The van der Waals surface area contributed by atoms with Gasteiger partial charge in [0, 0.05) is 6.42 Å². The van der Waals surface area contributed by atoms with Crippen molar-refractivity contribution in [2.45, 2.75) is 26.4 Å². The first-order valence-corrected chi connectivity index (χ1v) is 12.3. The van der Waals surface area contributed by atoms with E-state index in [0.29, 0.717) is 37.6 Å². The molecule has 1 amide bonds. The molecule has 0 radical (unpaired) electrons. The van der Waals surface area contributed by atoms with Gasteiger partial charge in [0.1, 0.15) is 12.4 Å². The molecule has 0 aliphatic carbocycles. The number of aryl methyl sites for hydroxylation is 1. The van der Waals surface area contributed by atoms with Crippen LogP contribution < -0.4 is 19.6 Å². The predicted molar refractivity (Wildman–Crippen MR) is 141 cm³/mol. The van der Waals surface area contributed by atoms with Gasteiger partial charge in [-0.15, -0.1) is 0 Å². The minimum atomic E-state index is -0.184. The van der Waals surface area contributed by atoms with Gasteiger partial charge in [-0.2, -0.15) is 5.10 Å². The fraction of sp³-hybridized carbons (Fsp3) is 0.231. The zero-order valence-corrected chi connectivity index (χ0v) is 22.2. The first-order chi connectivity index (χ1) is 16.5. The van der Waals surface area contributed by atoms with Crippen molar-refractivity contribution in [3.63, 3.8) is 0 Å². The summed E-state index contributed by atoms with van der Waals surface area (Å²) in [5, 5.41) is 4.05. The molecule has 6 nitrogen and oxygen atoms in total. The summed E-state index contributed by atoms with van der Waals surface area (Å²) in [6.45, 7) is 2.87. The number of carbonyl (C=O) groups is 1. The molecule has 0 heterocycles. The fourth-order valence-corrected chi connectivity index (χ4v) is 4.24. The van der Waals surface area contributed by atoms with Crippen LogP contribution >= 0.6 is 31.9 Å². The summed E-state index contributed by atoms with van der Waals surface area (Å²) < 4.78 is 18.8. The Kier molecular flexibility index (Phi) is 9.97. The third-order valence-corrected chi connectivity index (χ3v) is 5.98. The van der Waals surface area contributed by atoms with E-state index in [0.717, 1.165) is 31.4 Å². The summed E-state index contributed by atoms with van der Waals surface area (Å²) in [5.41, 5.74) is 5.50. The standard InChI is InChI=1S/C26H26Br2N2O4/c1-18-10-11-23(21(27)13-18)33-12-6-9-25(31)30-29-16-20-14-22(28)26(24(15-20)32-2)34-17-19-7-4-3-5-8-19/h3-5,7-8,10-11,13-16H,6,9,12,17H2,1-2H3,(H,30,31)/b29-16+. The number of nitrogens with one attached hydrogen (secondary N) is 1. The molecule has 0 saturated heterocycles.